The third-order valence-corrected chi connectivity index (χ3v) is 4.63. The van der Waals surface area contributed by atoms with Crippen molar-refractivity contribution in [2.24, 2.45) is 0 Å². The van der Waals surface area contributed by atoms with Crippen LogP contribution in [0.3, 0.4) is 0 Å². The van der Waals surface area contributed by atoms with Crippen molar-refractivity contribution in [2.75, 3.05) is 11.9 Å². The number of carbonyl (C=O) groups excluding carboxylic acids is 2. The molecule has 0 aliphatic carbocycles. The van der Waals surface area contributed by atoms with Crippen molar-refractivity contribution in [1.82, 2.24) is 4.90 Å². The van der Waals surface area contributed by atoms with E-state index in [1.807, 2.05) is 83.1 Å². The molecule has 6 nitrogen and oxygen atoms in total. The average Bonchev–Trinajstić information content (AvgIpc) is 2.94. The van der Waals surface area contributed by atoms with Crippen molar-refractivity contribution in [3.63, 3.8) is 0 Å². The smallest absolute Gasteiger partial charge is 0.278 e. The van der Waals surface area contributed by atoms with Crippen molar-refractivity contribution in [3.05, 3.63) is 59.8 Å². The fourth-order valence-corrected chi connectivity index (χ4v) is 3.39. The van der Waals surface area contributed by atoms with Crippen LogP contribution in [-0.4, -0.2) is 35.5 Å². The molecule has 2 amide bonds. The highest BCUT2D eigenvalue weighted by Gasteiger charge is 2.38. The molecule has 31 heavy (non-hydrogen) atoms. The predicted molar refractivity (Wildman–Crippen MR) is 122 cm³/mol. The van der Waals surface area contributed by atoms with Gasteiger partial charge in [0.05, 0.1) is 17.8 Å². The molecule has 0 spiro atoms. The van der Waals surface area contributed by atoms with Gasteiger partial charge < -0.3 is 14.8 Å². The van der Waals surface area contributed by atoms with Gasteiger partial charge >= 0.3 is 0 Å². The van der Waals surface area contributed by atoms with Gasteiger partial charge in [0, 0.05) is 12.2 Å². The second-order valence-corrected chi connectivity index (χ2v) is 8.02. The summed E-state index contributed by atoms with van der Waals surface area (Å²) in [5.74, 6) is 0.868. The molecule has 0 aromatic heterocycles. The van der Waals surface area contributed by atoms with E-state index in [2.05, 4.69) is 5.32 Å². The molecule has 1 N–H and O–H groups in total. The lowest BCUT2D eigenvalue weighted by atomic mass is 10.0. The number of hydrogen-bond acceptors (Lipinski definition) is 5. The average molecular weight is 423 g/mol. The zero-order valence-corrected chi connectivity index (χ0v) is 18.8. The first-order chi connectivity index (χ1) is 14.8. The van der Waals surface area contributed by atoms with Crippen LogP contribution in [0.25, 0.3) is 5.57 Å². The van der Waals surface area contributed by atoms with Crippen LogP contribution in [0.4, 0.5) is 5.69 Å². The highest BCUT2D eigenvalue weighted by Crippen LogP contribution is 2.32. The summed E-state index contributed by atoms with van der Waals surface area (Å²) in [6.07, 6.45) is 0.826. The minimum Gasteiger partial charge on any atom is -0.491 e. The monoisotopic (exact) mass is 422 g/mol. The first-order valence-corrected chi connectivity index (χ1v) is 10.7. The molecule has 0 saturated carbocycles. The highest BCUT2D eigenvalue weighted by molar-refractivity contribution is 6.36. The summed E-state index contributed by atoms with van der Waals surface area (Å²) in [6, 6.07) is 14.6. The van der Waals surface area contributed by atoms with E-state index in [1.54, 1.807) is 0 Å². The van der Waals surface area contributed by atoms with Gasteiger partial charge in [-0.05, 0) is 76.1 Å². The Morgan fingerprint density at radius 1 is 0.806 bits per heavy atom. The van der Waals surface area contributed by atoms with Crippen molar-refractivity contribution >= 4 is 23.1 Å². The number of amides is 2. The van der Waals surface area contributed by atoms with E-state index < -0.39 is 0 Å². The Kier molecular flexibility index (Phi) is 7.00. The number of hydrogen-bond donors (Lipinski definition) is 1. The van der Waals surface area contributed by atoms with Crippen molar-refractivity contribution in [2.45, 2.75) is 53.2 Å². The number of nitrogens with one attached hydrogen (secondary N) is 1. The number of anilines is 1. The number of ether oxygens (including phenoxy) is 2. The van der Waals surface area contributed by atoms with Gasteiger partial charge in [-0.25, -0.2) is 0 Å². The second kappa shape index (κ2) is 9.69. The van der Waals surface area contributed by atoms with Gasteiger partial charge in [0.25, 0.3) is 11.8 Å². The minimum absolute atomic E-state index is 0.0553. The van der Waals surface area contributed by atoms with Crippen LogP contribution in [0.1, 0.15) is 46.6 Å². The summed E-state index contributed by atoms with van der Waals surface area (Å²) in [6.45, 7) is 10.2. The van der Waals surface area contributed by atoms with Crippen LogP contribution in [0.15, 0.2) is 54.2 Å². The lowest BCUT2D eigenvalue weighted by Gasteiger charge is -2.14. The molecule has 2 aromatic carbocycles. The SMILES string of the molecule is CCCN1C(=O)C(Nc2ccc(OC(C)C)cc2)=C(c2ccc(OC(C)C)cc2)C1=O. The van der Waals surface area contributed by atoms with Gasteiger partial charge in [-0.1, -0.05) is 19.1 Å². The summed E-state index contributed by atoms with van der Waals surface area (Å²) in [4.78, 5) is 27.5. The lowest BCUT2D eigenvalue weighted by molar-refractivity contribution is -0.136. The van der Waals surface area contributed by atoms with Crippen molar-refractivity contribution < 1.29 is 19.1 Å². The summed E-state index contributed by atoms with van der Waals surface area (Å²) < 4.78 is 11.4. The Labute approximate surface area is 183 Å². The van der Waals surface area contributed by atoms with Crippen molar-refractivity contribution in [3.8, 4) is 11.5 Å². The van der Waals surface area contributed by atoms with Gasteiger partial charge in [-0.2, -0.15) is 0 Å². The summed E-state index contributed by atoms with van der Waals surface area (Å²) in [7, 11) is 0. The van der Waals surface area contributed by atoms with Crippen molar-refractivity contribution in [1.29, 1.82) is 0 Å². The number of nitrogens with zero attached hydrogens (tertiary/aromatic N) is 1. The predicted octanol–water partition coefficient (Wildman–Crippen LogP) is 4.86. The zero-order valence-electron chi connectivity index (χ0n) is 18.8. The molecule has 0 saturated heterocycles. The Balaban J connectivity index is 1.94. The van der Waals surface area contributed by atoms with Crippen LogP contribution in [0, 0.1) is 0 Å². The molecule has 0 radical (unpaired) electrons. The highest BCUT2D eigenvalue weighted by atomic mass is 16.5. The standard InChI is InChI=1S/C25H30N2O4/c1-6-15-27-24(28)22(18-7-11-20(12-8-18)30-16(2)3)23(25(27)29)26-19-9-13-21(14-10-19)31-17(4)5/h7-14,16-17,26H,6,15H2,1-5H3. The van der Waals surface area contributed by atoms with Crippen LogP contribution in [-0.2, 0) is 9.59 Å². The zero-order chi connectivity index (χ0) is 22.5. The maximum absolute atomic E-state index is 13.1. The molecule has 1 heterocycles. The molecular formula is C25H30N2O4. The molecule has 2 aromatic rings. The Morgan fingerprint density at radius 3 is 1.81 bits per heavy atom. The Hall–Kier alpha value is -3.28. The van der Waals surface area contributed by atoms with Crippen LogP contribution < -0.4 is 14.8 Å². The number of benzene rings is 2. The van der Waals surface area contributed by atoms with E-state index in [-0.39, 0.29) is 29.7 Å². The van der Waals surface area contributed by atoms with Gasteiger partial charge in [0.15, 0.2) is 0 Å². The fourth-order valence-electron chi connectivity index (χ4n) is 3.39. The Morgan fingerprint density at radius 2 is 1.32 bits per heavy atom. The normalized spacial score (nSPS) is 14.1. The number of imide groups is 1. The van der Waals surface area contributed by atoms with Gasteiger partial charge in [0.2, 0.25) is 0 Å². The van der Waals surface area contributed by atoms with Gasteiger partial charge in [0.1, 0.15) is 17.2 Å². The largest absolute Gasteiger partial charge is 0.491 e. The van der Waals surface area contributed by atoms with Gasteiger partial charge in [-0.3, -0.25) is 14.5 Å². The van der Waals surface area contributed by atoms with Gasteiger partial charge in [-0.15, -0.1) is 0 Å². The lowest BCUT2D eigenvalue weighted by Crippen LogP contribution is -2.33. The van der Waals surface area contributed by atoms with E-state index in [1.165, 1.54) is 4.90 Å². The fraction of sp³-hybridized carbons (Fsp3) is 0.360. The van der Waals surface area contributed by atoms with E-state index in [4.69, 9.17) is 9.47 Å². The van der Waals surface area contributed by atoms with Crippen LogP contribution in [0.5, 0.6) is 11.5 Å². The molecule has 0 bridgehead atoms. The second-order valence-electron chi connectivity index (χ2n) is 8.02. The van der Waals surface area contributed by atoms with Crippen LogP contribution in [0.2, 0.25) is 0 Å². The molecule has 0 fully saturated rings. The molecule has 6 heteroatoms. The number of carbonyl (C=O) groups is 2. The summed E-state index contributed by atoms with van der Waals surface area (Å²) in [5, 5.41) is 3.17. The first-order valence-electron chi connectivity index (χ1n) is 10.7. The molecule has 3 rings (SSSR count). The third-order valence-electron chi connectivity index (χ3n) is 4.63. The molecule has 1 aliphatic heterocycles. The molecule has 0 atom stereocenters. The van der Waals surface area contributed by atoms with E-state index in [0.29, 0.717) is 29.8 Å². The Bertz CT molecular complexity index is 960. The molecule has 1 aliphatic rings. The minimum atomic E-state index is -0.313. The summed E-state index contributed by atoms with van der Waals surface area (Å²) in [5.41, 5.74) is 2.05. The maximum Gasteiger partial charge on any atom is 0.278 e. The van der Waals surface area contributed by atoms with E-state index in [9.17, 15) is 9.59 Å². The van der Waals surface area contributed by atoms with Crippen LogP contribution >= 0.6 is 0 Å². The topological polar surface area (TPSA) is 67.9 Å². The maximum atomic E-state index is 13.1. The van der Waals surface area contributed by atoms with E-state index in [0.717, 1.165) is 11.5 Å². The summed E-state index contributed by atoms with van der Waals surface area (Å²) >= 11 is 0. The van der Waals surface area contributed by atoms with E-state index >= 15 is 0 Å². The quantitative estimate of drug-likeness (QED) is 0.585. The molecule has 164 valence electrons. The molecule has 0 unspecified atom stereocenters. The third kappa shape index (κ3) is 5.26. The number of rotatable bonds is 9. The molecular weight excluding hydrogens is 392 g/mol. The first kappa shape index (κ1) is 22.4.